The Morgan fingerprint density at radius 3 is 2.31 bits per heavy atom. The van der Waals surface area contributed by atoms with Crippen molar-refractivity contribution in [1.82, 2.24) is 0 Å². The average molecular weight is 308 g/mol. The number of benzene rings is 1. The number of ether oxygens (including phenoxy) is 1. The van der Waals surface area contributed by atoms with Crippen molar-refractivity contribution in [3.8, 4) is 0 Å². The number of rotatable bonds is 2. The molecule has 4 heteroatoms. The molecule has 0 bridgehead atoms. The van der Waals surface area contributed by atoms with Crippen molar-refractivity contribution in [2.75, 3.05) is 0 Å². The summed E-state index contributed by atoms with van der Waals surface area (Å²) in [5, 5.41) is 0. The Kier molecular flexibility index (Phi) is 3.50. The van der Waals surface area contributed by atoms with Crippen LogP contribution in [-0.2, 0) is 13.0 Å². The molecule has 0 amide bonds. The zero-order chi connectivity index (χ0) is 9.90. The lowest BCUT2D eigenvalue weighted by molar-refractivity contribution is -0.143. The molecule has 0 aliphatic heterocycles. The van der Waals surface area contributed by atoms with E-state index in [0.29, 0.717) is 0 Å². The van der Waals surface area contributed by atoms with Crippen molar-refractivity contribution in [2.45, 2.75) is 10.3 Å². The molecule has 0 spiro atoms. The van der Waals surface area contributed by atoms with E-state index in [1.807, 2.05) is 30.3 Å². The van der Waals surface area contributed by atoms with E-state index in [2.05, 4.69) is 31.9 Å². The van der Waals surface area contributed by atoms with Gasteiger partial charge in [0.25, 0.3) is 0 Å². The van der Waals surface area contributed by atoms with Gasteiger partial charge in [0.15, 0.2) is 0 Å². The molecule has 0 fully saturated rings. The van der Waals surface area contributed by atoms with Gasteiger partial charge in [-0.3, -0.25) is 4.79 Å². The van der Waals surface area contributed by atoms with Crippen molar-refractivity contribution in [1.29, 1.82) is 0 Å². The number of alkyl halides is 2. The Morgan fingerprint density at radius 2 is 1.85 bits per heavy atom. The Balaban J connectivity index is 2.87. The summed E-state index contributed by atoms with van der Waals surface area (Å²) in [4.78, 5) is 10.8. The van der Waals surface area contributed by atoms with Gasteiger partial charge in [-0.2, -0.15) is 0 Å². The van der Waals surface area contributed by atoms with Crippen LogP contribution in [0.15, 0.2) is 30.3 Å². The molecule has 2 nitrogen and oxygen atoms in total. The summed E-state index contributed by atoms with van der Waals surface area (Å²) in [6, 6.07) is 9.35. The van der Waals surface area contributed by atoms with Gasteiger partial charge in [0.05, 0.1) is 0 Å². The predicted molar refractivity (Wildman–Crippen MR) is 57.7 cm³/mol. The van der Waals surface area contributed by atoms with Crippen LogP contribution in [0.3, 0.4) is 0 Å². The van der Waals surface area contributed by atoms with Crippen LogP contribution < -0.4 is 0 Å². The third-order valence-corrected chi connectivity index (χ3v) is 2.62. The summed E-state index contributed by atoms with van der Waals surface area (Å²) >= 11 is 6.53. The predicted octanol–water partition coefficient (Wildman–Crippen LogP) is 3.15. The van der Waals surface area contributed by atoms with E-state index in [4.69, 9.17) is 4.74 Å². The zero-order valence-corrected chi connectivity index (χ0v) is 10.1. The lowest BCUT2D eigenvalue weighted by atomic mass is 10.2. The van der Waals surface area contributed by atoms with E-state index < -0.39 is 3.42 Å². The molecule has 1 aromatic rings. The Bertz CT molecular complexity index is 296. The maximum Gasteiger partial charge on any atom is 0.304 e. The molecular weight excluding hydrogens is 300 g/mol. The smallest absolute Gasteiger partial charge is 0.304 e. The van der Waals surface area contributed by atoms with Crippen molar-refractivity contribution in [3.05, 3.63) is 35.9 Å². The van der Waals surface area contributed by atoms with E-state index in [1.165, 1.54) is 6.92 Å². The first-order valence-electron chi connectivity index (χ1n) is 3.65. The molecular formula is C9H8Br2O2. The molecule has 0 heterocycles. The second-order valence-electron chi connectivity index (χ2n) is 2.48. The van der Waals surface area contributed by atoms with Gasteiger partial charge in [-0.1, -0.05) is 30.3 Å². The SMILES string of the molecule is CC(=O)OC(Br)(Br)c1ccccc1. The fourth-order valence-corrected chi connectivity index (χ4v) is 1.86. The van der Waals surface area contributed by atoms with Crippen LogP contribution in [0.5, 0.6) is 0 Å². The fraction of sp³-hybridized carbons (Fsp3) is 0.222. The topological polar surface area (TPSA) is 26.3 Å². The molecule has 70 valence electrons. The maximum absolute atomic E-state index is 10.8. The largest absolute Gasteiger partial charge is 0.433 e. The molecule has 0 saturated carbocycles. The molecule has 0 radical (unpaired) electrons. The first-order valence-corrected chi connectivity index (χ1v) is 5.24. The highest BCUT2D eigenvalue weighted by Gasteiger charge is 2.28. The van der Waals surface area contributed by atoms with E-state index in [1.54, 1.807) is 0 Å². The molecule has 0 aliphatic rings. The standard InChI is InChI=1S/C9H8Br2O2/c1-7(12)13-9(10,11)8-5-3-2-4-6-8/h2-6H,1H3. The van der Waals surface area contributed by atoms with Gasteiger partial charge in [-0.05, 0) is 31.9 Å². The minimum absolute atomic E-state index is 0.349. The van der Waals surface area contributed by atoms with Crippen molar-refractivity contribution in [2.24, 2.45) is 0 Å². The molecule has 0 atom stereocenters. The lowest BCUT2D eigenvalue weighted by Crippen LogP contribution is -2.17. The number of carbonyl (C=O) groups excluding carboxylic acids is 1. The Morgan fingerprint density at radius 1 is 1.31 bits per heavy atom. The van der Waals surface area contributed by atoms with Gasteiger partial charge in [0, 0.05) is 12.5 Å². The summed E-state index contributed by atoms with van der Waals surface area (Å²) in [5.74, 6) is -0.349. The first kappa shape index (κ1) is 10.7. The van der Waals surface area contributed by atoms with Gasteiger partial charge in [-0.15, -0.1) is 0 Å². The molecule has 1 aromatic carbocycles. The summed E-state index contributed by atoms with van der Waals surface area (Å²) in [7, 11) is 0. The van der Waals surface area contributed by atoms with Crippen molar-refractivity contribution < 1.29 is 9.53 Å². The quantitative estimate of drug-likeness (QED) is 0.620. The van der Waals surface area contributed by atoms with Crippen LogP contribution >= 0.6 is 31.9 Å². The lowest BCUT2D eigenvalue weighted by Gasteiger charge is -2.20. The van der Waals surface area contributed by atoms with Crippen LogP contribution in [-0.4, -0.2) is 5.97 Å². The highest BCUT2D eigenvalue weighted by atomic mass is 79.9. The molecule has 0 aliphatic carbocycles. The summed E-state index contributed by atoms with van der Waals surface area (Å²) in [5.41, 5.74) is 0.838. The van der Waals surface area contributed by atoms with Gasteiger partial charge in [0.1, 0.15) is 0 Å². The van der Waals surface area contributed by atoms with Gasteiger partial charge < -0.3 is 4.74 Å². The van der Waals surface area contributed by atoms with Gasteiger partial charge in [0.2, 0.25) is 3.42 Å². The fourth-order valence-electron chi connectivity index (χ4n) is 0.872. The Hall–Kier alpha value is -0.350. The van der Waals surface area contributed by atoms with Gasteiger partial charge >= 0.3 is 5.97 Å². The highest BCUT2D eigenvalue weighted by Crippen LogP contribution is 2.39. The molecule has 0 aromatic heterocycles. The van der Waals surface area contributed by atoms with Crippen LogP contribution in [0, 0.1) is 0 Å². The van der Waals surface area contributed by atoms with Crippen LogP contribution in [0.2, 0.25) is 0 Å². The second-order valence-corrected chi connectivity index (χ2v) is 5.77. The number of halogens is 2. The number of hydrogen-bond donors (Lipinski definition) is 0. The number of carbonyl (C=O) groups is 1. The van der Waals surface area contributed by atoms with Crippen molar-refractivity contribution in [3.63, 3.8) is 0 Å². The number of hydrogen-bond acceptors (Lipinski definition) is 2. The third kappa shape index (κ3) is 3.12. The highest BCUT2D eigenvalue weighted by molar-refractivity contribution is 9.24. The first-order chi connectivity index (χ1) is 6.02. The van der Waals surface area contributed by atoms with E-state index in [-0.39, 0.29) is 5.97 Å². The average Bonchev–Trinajstić information content (AvgIpc) is 2.04. The van der Waals surface area contributed by atoms with Crippen molar-refractivity contribution >= 4 is 37.8 Å². The van der Waals surface area contributed by atoms with Crippen LogP contribution in [0.1, 0.15) is 12.5 Å². The Labute approximate surface area is 93.5 Å². The minimum Gasteiger partial charge on any atom is -0.433 e. The minimum atomic E-state index is -0.910. The molecule has 0 saturated heterocycles. The monoisotopic (exact) mass is 306 g/mol. The van der Waals surface area contributed by atoms with Crippen LogP contribution in [0.4, 0.5) is 0 Å². The van der Waals surface area contributed by atoms with E-state index in [9.17, 15) is 4.79 Å². The number of esters is 1. The summed E-state index contributed by atoms with van der Waals surface area (Å²) < 4.78 is 4.11. The molecule has 0 unspecified atom stereocenters. The van der Waals surface area contributed by atoms with E-state index in [0.717, 1.165) is 5.56 Å². The second kappa shape index (κ2) is 4.24. The summed E-state index contributed by atoms with van der Waals surface area (Å²) in [6.07, 6.45) is 0. The summed E-state index contributed by atoms with van der Waals surface area (Å²) in [6.45, 7) is 1.36. The molecule has 1 rings (SSSR count). The maximum atomic E-state index is 10.8. The normalized spacial score (nSPS) is 11.0. The zero-order valence-electron chi connectivity index (χ0n) is 6.96. The third-order valence-electron chi connectivity index (χ3n) is 1.38. The van der Waals surface area contributed by atoms with Gasteiger partial charge in [-0.25, -0.2) is 0 Å². The van der Waals surface area contributed by atoms with E-state index >= 15 is 0 Å². The molecule has 0 N–H and O–H groups in total. The van der Waals surface area contributed by atoms with Crippen LogP contribution in [0.25, 0.3) is 0 Å². The molecule has 13 heavy (non-hydrogen) atoms.